The number of rotatable bonds is 6. The fourth-order valence-corrected chi connectivity index (χ4v) is 3.02. The number of aliphatic hydroxyl groups excluding tert-OH is 1. The van der Waals surface area contributed by atoms with Crippen LogP contribution in [0.3, 0.4) is 0 Å². The van der Waals surface area contributed by atoms with Gasteiger partial charge in [0.2, 0.25) is 10.0 Å². The van der Waals surface area contributed by atoms with Crippen molar-refractivity contribution < 1.29 is 18.3 Å². The monoisotopic (exact) mass is 293 g/mol. The lowest BCUT2D eigenvalue weighted by atomic mass is 10.3. The number of hydrogen-bond donors (Lipinski definition) is 2. The maximum atomic E-state index is 12.1. The maximum absolute atomic E-state index is 12.1. The zero-order valence-electron chi connectivity index (χ0n) is 10.2. The van der Waals surface area contributed by atoms with Gasteiger partial charge in [-0.1, -0.05) is 18.5 Å². The van der Waals surface area contributed by atoms with E-state index in [4.69, 9.17) is 21.4 Å². The number of halogens is 1. The fraction of sp³-hybridized carbons (Fsp3) is 0.455. The van der Waals surface area contributed by atoms with Gasteiger partial charge in [0, 0.05) is 17.1 Å². The molecule has 0 heterocycles. The quantitative estimate of drug-likeness (QED) is 0.831. The summed E-state index contributed by atoms with van der Waals surface area (Å²) in [6.07, 6.45) is 0.492. The molecule has 1 aromatic rings. The molecule has 1 aromatic carbocycles. The second kappa shape index (κ2) is 6.38. The third kappa shape index (κ3) is 3.58. The average Bonchev–Trinajstić information content (AvgIpc) is 2.35. The van der Waals surface area contributed by atoms with Gasteiger partial charge in [0.25, 0.3) is 0 Å². The van der Waals surface area contributed by atoms with Crippen LogP contribution in [-0.2, 0) is 10.0 Å². The van der Waals surface area contributed by atoms with Gasteiger partial charge >= 0.3 is 0 Å². The Morgan fingerprint density at radius 1 is 1.50 bits per heavy atom. The Balaban J connectivity index is 3.12. The molecule has 0 bridgehead atoms. The largest absolute Gasteiger partial charge is 0.495 e. The molecule has 1 atom stereocenters. The van der Waals surface area contributed by atoms with Crippen molar-refractivity contribution in [3.63, 3.8) is 0 Å². The molecule has 7 heteroatoms. The molecule has 0 aromatic heterocycles. The summed E-state index contributed by atoms with van der Waals surface area (Å²) < 4.78 is 31.6. The van der Waals surface area contributed by atoms with E-state index >= 15 is 0 Å². The van der Waals surface area contributed by atoms with Crippen molar-refractivity contribution in [2.24, 2.45) is 0 Å². The highest BCUT2D eigenvalue weighted by atomic mass is 35.5. The fourth-order valence-electron chi connectivity index (χ4n) is 1.40. The lowest BCUT2D eigenvalue weighted by Crippen LogP contribution is -2.37. The van der Waals surface area contributed by atoms with Crippen LogP contribution in [0.4, 0.5) is 0 Å². The molecule has 18 heavy (non-hydrogen) atoms. The zero-order chi connectivity index (χ0) is 13.8. The number of sulfonamides is 1. The molecule has 102 valence electrons. The molecule has 0 amide bonds. The SMILES string of the molecule is CCC(CO)NS(=O)(=O)c1ccc(Cl)cc1OC. The van der Waals surface area contributed by atoms with Gasteiger partial charge in [-0.2, -0.15) is 0 Å². The van der Waals surface area contributed by atoms with Crippen molar-refractivity contribution in [1.82, 2.24) is 4.72 Å². The summed E-state index contributed by atoms with van der Waals surface area (Å²) in [5, 5.41) is 9.42. The minimum absolute atomic E-state index is 0.00120. The number of methoxy groups -OCH3 is 1. The number of benzene rings is 1. The van der Waals surface area contributed by atoms with Crippen LogP contribution in [0.1, 0.15) is 13.3 Å². The van der Waals surface area contributed by atoms with E-state index in [0.717, 1.165) is 0 Å². The summed E-state index contributed by atoms with van der Waals surface area (Å²) in [4.78, 5) is 0.00120. The molecular formula is C11H16ClNO4S. The van der Waals surface area contributed by atoms with Gasteiger partial charge in [-0.05, 0) is 18.6 Å². The summed E-state index contributed by atoms with van der Waals surface area (Å²) in [6.45, 7) is 1.52. The van der Waals surface area contributed by atoms with Crippen molar-refractivity contribution in [2.75, 3.05) is 13.7 Å². The summed E-state index contributed by atoms with van der Waals surface area (Å²) in [5.41, 5.74) is 0. The van der Waals surface area contributed by atoms with Gasteiger partial charge in [0.05, 0.1) is 13.7 Å². The van der Waals surface area contributed by atoms with E-state index in [-0.39, 0.29) is 17.3 Å². The van der Waals surface area contributed by atoms with Gasteiger partial charge < -0.3 is 9.84 Å². The first-order valence-corrected chi connectivity index (χ1v) is 7.27. The van der Waals surface area contributed by atoms with Crippen LogP contribution in [-0.4, -0.2) is 33.3 Å². The molecule has 0 spiro atoms. The van der Waals surface area contributed by atoms with Crippen LogP contribution >= 0.6 is 11.6 Å². The Bertz CT molecular complexity index is 500. The molecule has 0 radical (unpaired) electrons. The van der Waals surface area contributed by atoms with Crippen molar-refractivity contribution in [1.29, 1.82) is 0 Å². The Labute approximate surface area is 112 Å². The van der Waals surface area contributed by atoms with Gasteiger partial charge in [0.15, 0.2) is 0 Å². The minimum atomic E-state index is -3.74. The number of aliphatic hydroxyl groups is 1. The second-order valence-electron chi connectivity index (χ2n) is 3.70. The Morgan fingerprint density at radius 2 is 2.17 bits per heavy atom. The first-order chi connectivity index (χ1) is 8.44. The highest BCUT2D eigenvalue weighted by Gasteiger charge is 2.22. The molecule has 0 aliphatic carbocycles. The Hall–Kier alpha value is -0.820. The van der Waals surface area contributed by atoms with E-state index in [9.17, 15) is 8.42 Å². The molecular weight excluding hydrogens is 278 g/mol. The lowest BCUT2D eigenvalue weighted by molar-refractivity contribution is 0.253. The van der Waals surface area contributed by atoms with E-state index in [1.54, 1.807) is 6.92 Å². The molecule has 0 aliphatic heterocycles. The van der Waals surface area contributed by atoms with E-state index in [1.165, 1.54) is 25.3 Å². The van der Waals surface area contributed by atoms with E-state index in [2.05, 4.69) is 4.72 Å². The summed E-state index contributed by atoms with van der Waals surface area (Å²) >= 11 is 5.77. The van der Waals surface area contributed by atoms with Crippen LogP contribution in [0, 0.1) is 0 Å². The van der Waals surface area contributed by atoms with Crippen molar-refractivity contribution in [3.05, 3.63) is 23.2 Å². The molecule has 1 unspecified atom stereocenters. The molecule has 1 rings (SSSR count). The van der Waals surface area contributed by atoms with Crippen LogP contribution in [0.25, 0.3) is 0 Å². The molecule has 2 N–H and O–H groups in total. The second-order valence-corrected chi connectivity index (χ2v) is 5.82. The predicted octanol–water partition coefficient (Wildman–Crippen LogP) is 1.40. The van der Waals surface area contributed by atoms with Gasteiger partial charge in [-0.25, -0.2) is 13.1 Å². The zero-order valence-corrected chi connectivity index (χ0v) is 11.8. The summed E-state index contributed by atoms with van der Waals surface area (Å²) in [7, 11) is -2.37. The molecule has 0 fully saturated rings. The van der Waals surface area contributed by atoms with Crippen molar-refractivity contribution in [3.8, 4) is 5.75 Å². The molecule has 5 nitrogen and oxygen atoms in total. The van der Waals surface area contributed by atoms with Crippen LogP contribution < -0.4 is 9.46 Å². The Morgan fingerprint density at radius 3 is 2.67 bits per heavy atom. The molecule has 0 saturated carbocycles. The third-order valence-corrected chi connectivity index (χ3v) is 4.25. The topological polar surface area (TPSA) is 75.6 Å². The third-order valence-electron chi connectivity index (χ3n) is 2.45. The number of ether oxygens (including phenoxy) is 1. The predicted molar refractivity (Wildman–Crippen MR) is 69.5 cm³/mol. The average molecular weight is 294 g/mol. The first kappa shape index (κ1) is 15.2. The van der Waals surface area contributed by atoms with E-state index in [1.807, 2.05) is 0 Å². The normalized spacial score (nSPS) is 13.3. The number of hydrogen-bond acceptors (Lipinski definition) is 4. The van der Waals surface area contributed by atoms with Crippen LogP contribution in [0.2, 0.25) is 5.02 Å². The Kier molecular flexibility index (Phi) is 5.40. The van der Waals surface area contributed by atoms with Gasteiger partial charge in [-0.3, -0.25) is 0 Å². The van der Waals surface area contributed by atoms with Gasteiger partial charge in [0.1, 0.15) is 10.6 Å². The van der Waals surface area contributed by atoms with Crippen molar-refractivity contribution >= 4 is 21.6 Å². The number of nitrogens with one attached hydrogen (secondary N) is 1. The standard InChI is InChI=1S/C11H16ClNO4S/c1-3-9(7-14)13-18(15,16)11-5-4-8(12)6-10(11)17-2/h4-6,9,13-14H,3,7H2,1-2H3. The van der Waals surface area contributed by atoms with Crippen molar-refractivity contribution in [2.45, 2.75) is 24.3 Å². The minimum Gasteiger partial charge on any atom is -0.495 e. The smallest absolute Gasteiger partial charge is 0.244 e. The highest BCUT2D eigenvalue weighted by Crippen LogP contribution is 2.27. The molecule has 0 aliphatic rings. The van der Waals surface area contributed by atoms with Gasteiger partial charge in [-0.15, -0.1) is 0 Å². The molecule has 0 saturated heterocycles. The summed E-state index contributed by atoms with van der Waals surface area (Å²) in [6, 6.07) is 3.75. The maximum Gasteiger partial charge on any atom is 0.244 e. The highest BCUT2D eigenvalue weighted by molar-refractivity contribution is 7.89. The van der Waals surface area contributed by atoms with Crippen LogP contribution in [0.15, 0.2) is 23.1 Å². The summed E-state index contributed by atoms with van der Waals surface area (Å²) in [5.74, 6) is 0.169. The first-order valence-electron chi connectivity index (χ1n) is 5.41. The van der Waals surface area contributed by atoms with E-state index in [0.29, 0.717) is 11.4 Å². The lowest BCUT2D eigenvalue weighted by Gasteiger charge is -2.16. The van der Waals surface area contributed by atoms with Crippen LogP contribution in [0.5, 0.6) is 5.75 Å². The van der Waals surface area contributed by atoms with E-state index < -0.39 is 16.1 Å².